The predicted molar refractivity (Wildman–Crippen MR) is 96.1 cm³/mol. The standard InChI is InChI=1S/C19H17F3N4O2/c1-10(28-3)11-6-14(21)17(15(22)7-11)18-13(20)4-5-16(25-18)19(27)24-12-8-23-26(2)9-12/h4-10H,1-3H3,(H,24,27). The quantitative estimate of drug-likeness (QED) is 0.718. The van der Waals surface area contributed by atoms with E-state index in [0.29, 0.717) is 5.69 Å². The molecule has 3 aromatic rings. The van der Waals surface area contributed by atoms with E-state index >= 15 is 0 Å². The molecular weight excluding hydrogens is 373 g/mol. The van der Waals surface area contributed by atoms with E-state index in [1.54, 1.807) is 20.2 Å². The van der Waals surface area contributed by atoms with Gasteiger partial charge in [0.2, 0.25) is 0 Å². The van der Waals surface area contributed by atoms with E-state index < -0.39 is 40.7 Å². The van der Waals surface area contributed by atoms with Gasteiger partial charge in [-0.25, -0.2) is 18.2 Å². The lowest BCUT2D eigenvalue weighted by Crippen LogP contribution is -2.14. The highest BCUT2D eigenvalue weighted by Gasteiger charge is 2.22. The number of nitrogens with one attached hydrogen (secondary N) is 1. The summed E-state index contributed by atoms with van der Waals surface area (Å²) >= 11 is 0. The first-order chi connectivity index (χ1) is 13.3. The molecule has 0 bridgehead atoms. The molecular formula is C19H17F3N4O2. The van der Waals surface area contributed by atoms with Crippen LogP contribution in [0.25, 0.3) is 11.3 Å². The Bertz CT molecular complexity index is 1010. The van der Waals surface area contributed by atoms with Gasteiger partial charge in [0.15, 0.2) is 0 Å². The molecule has 6 nitrogen and oxygen atoms in total. The Morgan fingerprint density at radius 1 is 1.18 bits per heavy atom. The van der Waals surface area contributed by atoms with Gasteiger partial charge in [-0.15, -0.1) is 0 Å². The highest BCUT2D eigenvalue weighted by atomic mass is 19.1. The van der Waals surface area contributed by atoms with E-state index in [1.807, 2.05) is 0 Å². The third-order valence-electron chi connectivity index (χ3n) is 4.17. The number of amides is 1. The fourth-order valence-electron chi connectivity index (χ4n) is 2.61. The van der Waals surface area contributed by atoms with Crippen molar-refractivity contribution in [2.24, 2.45) is 7.05 Å². The fourth-order valence-corrected chi connectivity index (χ4v) is 2.61. The summed E-state index contributed by atoms with van der Waals surface area (Å²) in [6.45, 7) is 1.62. The van der Waals surface area contributed by atoms with Crippen LogP contribution in [-0.2, 0) is 11.8 Å². The number of halogens is 3. The second-order valence-corrected chi connectivity index (χ2v) is 6.12. The maximum absolute atomic E-state index is 14.5. The zero-order valence-electron chi connectivity index (χ0n) is 15.3. The van der Waals surface area contributed by atoms with Crippen molar-refractivity contribution in [3.8, 4) is 11.3 Å². The number of anilines is 1. The van der Waals surface area contributed by atoms with Crippen molar-refractivity contribution >= 4 is 11.6 Å². The number of carbonyl (C=O) groups is 1. The first-order valence-electron chi connectivity index (χ1n) is 8.28. The SMILES string of the molecule is COC(C)c1cc(F)c(-c2nc(C(=O)Nc3cnn(C)c3)ccc2F)c(F)c1. The molecule has 0 aliphatic heterocycles. The molecule has 0 saturated heterocycles. The van der Waals surface area contributed by atoms with Gasteiger partial charge in [0.05, 0.1) is 23.6 Å². The van der Waals surface area contributed by atoms with Crippen LogP contribution in [0.5, 0.6) is 0 Å². The summed E-state index contributed by atoms with van der Waals surface area (Å²) in [6.07, 6.45) is 2.42. The molecule has 28 heavy (non-hydrogen) atoms. The molecule has 146 valence electrons. The second kappa shape index (κ2) is 7.81. The van der Waals surface area contributed by atoms with Crippen LogP contribution >= 0.6 is 0 Å². The Morgan fingerprint density at radius 3 is 2.43 bits per heavy atom. The maximum atomic E-state index is 14.5. The zero-order chi connectivity index (χ0) is 20.4. The number of hydrogen-bond donors (Lipinski definition) is 1. The monoisotopic (exact) mass is 390 g/mol. The van der Waals surface area contributed by atoms with Gasteiger partial charge in [0.1, 0.15) is 28.8 Å². The van der Waals surface area contributed by atoms with Crippen LogP contribution in [0.4, 0.5) is 18.9 Å². The minimum Gasteiger partial charge on any atom is -0.377 e. The van der Waals surface area contributed by atoms with E-state index in [2.05, 4.69) is 15.4 Å². The van der Waals surface area contributed by atoms with E-state index in [9.17, 15) is 18.0 Å². The van der Waals surface area contributed by atoms with E-state index in [4.69, 9.17) is 4.74 Å². The summed E-state index contributed by atoms with van der Waals surface area (Å²) in [7, 11) is 3.07. The number of hydrogen-bond acceptors (Lipinski definition) is 4. The summed E-state index contributed by atoms with van der Waals surface area (Å²) in [5.41, 5.74) is -0.790. The molecule has 3 rings (SSSR count). The smallest absolute Gasteiger partial charge is 0.274 e. The third kappa shape index (κ3) is 3.89. The van der Waals surface area contributed by atoms with Gasteiger partial charge < -0.3 is 10.1 Å². The molecule has 2 aromatic heterocycles. The summed E-state index contributed by atoms with van der Waals surface area (Å²) in [4.78, 5) is 16.2. The van der Waals surface area contributed by atoms with Gasteiger partial charge in [-0.1, -0.05) is 0 Å². The first-order valence-corrected chi connectivity index (χ1v) is 8.28. The number of aromatic nitrogens is 3. The Balaban J connectivity index is 1.99. The Kier molecular flexibility index (Phi) is 5.46. The van der Waals surface area contributed by atoms with Gasteiger partial charge in [-0.2, -0.15) is 5.10 Å². The highest BCUT2D eigenvalue weighted by molar-refractivity contribution is 6.03. The van der Waals surface area contributed by atoms with Gasteiger partial charge in [-0.3, -0.25) is 9.48 Å². The van der Waals surface area contributed by atoms with Crippen LogP contribution in [-0.4, -0.2) is 27.8 Å². The molecule has 1 N–H and O–H groups in total. The molecule has 1 unspecified atom stereocenters. The number of rotatable bonds is 5. The zero-order valence-corrected chi connectivity index (χ0v) is 15.3. The van der Waals surface area contributed by atoms with Crippen molar-refractivity contribution in [1.29, 1.82) is 0 Å². The average Bonchev–Trinajstić information content (AvgIpc) is 3.06. The third-order valence-corrected chi connectivity index (χ3v) is 4.17. The molecule has 9 heteroatoms. The molecule has 0 radical (unpaired) electrons. The summed E-state index contributed by atoms with van der Waals surface area (Å²) < 4.78 is 49.9. The van der Waals surface area contributed by atoms with Crippen LogP contribution < -0.4 is 5.32 Å². The van der Waals surface area contributed by atoms with E-state index in [-0.39, 0.29) is 11.3 Å². The number of pyridine rings is 1. The van der Waals surface area contributed by atoms with Gasteiger partial charge in [-0.05, 0) is 36.8 Å². The van der Waals surface area contributed by atoms with Crippen molar-refractivity contribution in [3.63, 3.8) is 0 Å². The van der Waals surface area contributed by atoms with Crippen molar-refractivity contribution in [2.45, 2.75) is 13.0 Å². The fraction of sp³-hybridized carbons (Fsp3) is 0.211. The van der Waals surface area contributed by atoms with Crippen molar-refractivity contribution in [3.05, 3.63) is 65.4 Å². The molecule has 0 fully saturated rings. The van der Waals surface area contributed by atoms with Crippen LogP contribution in [0.15, 0.2) is 36.7 Å². The topological polar surface area (TPSA) is 69.0 Å². The van der Waals surface area contributed by atoms with Gasteiger partial charge in [0.25, 0.3) is 5.91 Å². The molecule has 1 amide bonds. The normalized spacial score (nSPS) is 12.1. The van der Waals surface area contributed by atoms with Crippen LogP contribution in [0.1, 0.15) is 29.1 Å². The minimum atomic E-state index is -1.00. The Labute approximate surface area is 159 Å². The van der Waals surface area contributed by atoms with Crippen molar-refractivity contribution < 1.29 is 22.7 Å². The molecule has 0 aliphatic carbocycles. The van der Waals surface area contributed by atoms with Crippen molar-refractivity contribution in [2.75, 3.05) is 12.4 Å². The average molecular weight is 390 g/mol. The molecule has 2 heterocycles. The summed E-state index contributed by atoms with van der Waals surface area (Å²) in [5.74, 6) is -3.63. The molecule has 1 atom stereocenters. The van der Waals surface area contributed by atoms with E-state index in [1.165, 1.54) is 18.0 Å². The molecule has 0 spiro atoms. The van der Waals surface area contributed by atoms with E-state index in [0.717, 1.165) is 24.3 Å². The molecule has 0 saturated carbocycles. The van der Waals surface area contributed by atoms with Crippen LogP contribution in [0.2, 0.25) is 0 Å². The minimum absolute atomic E-state index is 0.201. The number of methoxy groups -OCH3 is 1. The number of carbonyl (C=O) groups excluding carboxylic acids is 1. The number of aryl methyl sites for hydroxylation is 1. The largest absolute Gasteiger partial charge is 0.377 e. The summed E-state index contributed by atoms with van der Waals surface area (Å²) in [6, 6.07) is 4.17. The predicted octanol–water partition coefficient (Wildman–Crippen LogP) is 3.86. The van der Waals surface area contributed by atoms with Gasteiger partial charge in [0, 0.05) is 20.4 Å². The lowest BCUT2D eigenvalue weighted by molar-refractivity contribution is 0.102. The molecule has 0 aliphatic rings. The molecule has 1 aromatic carbocycles. The lowest BCUT2D eigenvalue weighted by Gasteiger charge is -2.13. The summed E-state index contributed by atoms with van der Waals surface area (Å²) in [5, 5.41) is 6.43. The number of ether oxygens (including phenoxy) is 1. The van der Waals surface area contributed by atoms with Crippen molar-refractivity contribution in [1.82, 2.24) is 14.8 Å². The second-order valence-electron chi connectivity index (χ2n) is 6.12. The first kappa shape index (κ1) is 19.6. The van der Waals surface area contributed by atoms with Gasteiger partial charge >= 0.3 is 0 Å². The Morgan fingerprint density at radius 2 is 1.86 bits per heavy atom. The highest BCUT2D eigenvalue weighted by Crippen LogP contribution is 2.30. The van der Waals surface area contributed by atoms with Crippen LogP contribution in [0, 0.1) is 17.5 Å². The lowest BCUT2D eigenvalue weighted by atomic mass is 10.0. The number of nitrogens with zero attached hydrogens (tertiary/aromatic N) is 3. The maximum Gasteiger partial charge on any atom is 0.274 e. The number of benzene rings is 1. The Hall–Kier alpha value is -3.20. The van der Waals surface area contributed by atoms with Crippen LogP contribution in [0.3, 0.4) is 0 Å².